The van der Waals surface area contributed by atoms with Crippen molar-refractivity contribution in [3.8, 4) is 5.75 Å². The van der Waals surface area contributed by atoms with Crippen molar-refractivity contribution in [2.45, 2.75) is 6.92 Å². The van der Waals surface area contributed by atoms with Crippen LogP contribution in [0.25, 0.3) is 0 Å². The number of hydrogen-bond donors (Lipinski definition) is 1. The minimum atomic E-state index is -1.01. The molecule has 0 aliphatic carbocycles. The molecule has 1 unspecified atom stereocenters. The van der Waals surface area contributed by atoms with Crippen molar-refractivity contribution in [2.24, 2.45) is 5.92 Å². The van der Waals surface area contributed by atoms with Gasteiger partial charge in [0.15, 0.2) is 0 Å². The SMILES string of the molecule is CC1COc2cc(C(=O)O)ccc2N(C)C1=O. The Morgan fingerprint density at radius 1 is 1.53 bits per heavy atom. The first-order valence-corrected chi connectivity index (χ1v) is 5.28. The van der Waals surface area contributed by atoms with Gasteiger partial charge in [-0.3, -0.25) is 4.79 Å². The predicted octanol–water partition coefficient (Wildman–Crippen LogP) is 1.38. The highest BCUT2D eigenvalue weighted by Gasteiger charge is 2.26. The zero-order valence-corrected chi connectivity index (χ0v) is 9.64. The van der Waals surface area contributed by atoms with Gasteiger partial charge in [-0.15, -0.1) is 0 Å². The van der Waals surface area contributed by atoms with Crippen molar-refractivity contribution in [3.05, 3.63) is 23.8 Å². The predicted molar refractivity (Wildman–Crippen MR) is 61.5 cm³/mol. The molecule has 1 amide bonds. The smallest absolute Gasteiger partial charge is 0.335 e. The lowest BCUT2D eigenvalue weighted by molar-refractivity contribution is -0.122. The molecule has 2 rings (SSSR count). The molecule has 0 saturated carbocycles. The molecule has 1 N–H and O–H groups in total. The van der Waals surface area contributed by atoms with E-state index in [1.165, 1.54) is 17.0 Å². The summed E-state index contributed by atoms with van der Waals surface area (Å²) >= 11 is 0. The third-order valence-electron chi connectivity index (χ3n) is 2.81. The van der Waals surface area contributed by atoms with E-state index in [2.05, 4.69) is 0 Å². The van der Waals surface area contributed by atoms with Gasteiger partial charge in [-0.2, -0.15) is 0 Å². The van der Waals surface area contributed by atoms with Crippen molar-refractivity contribution >= 4 is 17.6 Å². The standard InChI is InChI=1S/C12H13NO4/c1-7-6-17-10-5-8(12(15)16)3-4-9(10)13(2)11(7)14/h3-5,7H,6H2,1-2H3,(H,15,16). The Bertz CT molecular complexity index is 483. The second-order valence-electron chi connectivity index (χ2n) is 4.10. The molecule has 1 atom stereocenters. The van der Waals surface area contributed by atoms with Crippen LogP contribution in [0.5, 0.6) is 5.75 Å². The molecule has 0 radical (unpaired) electrons. The summed E-state index contributed by atoms with van der Waals surface area (Å²) in [5.74, 6) is -0.847. The van der Waals surface area contributed by atoms with E-state index in [1.54, 1.807) is 20.0 Å². The quantitative estimate of drug-likeness (QED) is 0.798. The van der Waals surface area contributed by atoms with Crippen molar-refractivity contribution in [1.29, 1.82) is 0 Å². The molecule has 1 heterocycles. The lowest BCUT2D eigenvalue weighted by Gasteiger charge is -2.17. The van der Waals surface area contributed by atoms with E-state index in [0.29, 0.717) is 11.4 Å². The van der Waals surface area contributed by atoms with E-state index in [9.17, 15) is 9.59 Å². The minimum absolute atomic E-state index is 0.0353. The number of benzene rings is 1. The molecule has 1 aromatic rings. The first kappa shape index (κ1) is 11.4. The number of carbonyl (C=O) groups is 2. The Hall–Kier alpha value is -2.04. The molecule has 17 heavy (non-hydrogen) atoms. The van der Waals surface area contributed by atoms with Crippen LogP contribution >= 0.6 is 0 Å². The summed E-state index contributed by atoms with van der Waals surface area (Å²) < 4.78 is 5.47. The molecule has 90 valence electrons. The van der Waals surface area contributed by atoms with Gasteiger partial charge in [0.2, 0.25) is 5.91 Å². The average molecular weight is 235 g/mol. The number of fused-ring (bicyclic) bond motifs is 1. The highest BCUT2D eigenvalue weighted by Crippen LogP contribution is 2.32. The van der Waals surface area contributed by atoms with E-state index < -0.39 is 5.97 Å². The summed E-state index contributed by atoms with van der Waals surface area (Å²) in [6.45, 7) is 2.04. The fraction of sp³-hybridized carbons (Fsp3) is 0.333. The first-order chi connectivity index (χ1) is 8.00. The molecule has 1 aliphatic rings. The van der Waals surface area contributed by atoms with Crippen LogP contribution in [-0.2, 0) is 4.79 Å². The maximum absolute atomic E-state index is 11.9. The Morgan fingerprint density at radius 3 is 2.88 bits per heavy atom. The van der Waals surface area contributed by atoms with Gasteiger partial charge in [-0.05, 0) is 18.2 Å². The number of amides is 1. The van der Waals surface area contributed by atoms with Gasteiger partial charge in [0.25, 0.3) is 0 Å². The third-order valence-corrected chi connectivity index (χ3v) is 2.81. The highest BCUT2D eigenvalue weighted by atomic mass is 16.5. The van der Waals surface area contributed by atoms with Crippen LogP contribution in [0.1, 0.15) is 17.3 Å². The molecule has 0 fully saturated rings. The van der Waals surface area contributed by atoms with E-state index in [4.69, 9.17) is 9.84 Å². The van der Waals surface area contributed by atoms with Crippen molar-refractivity contribution < 1.29 is 19.4 Å². The van der Waals surface area contributed by atoms with Crippen LogP contribution in [0.4, 0.5) is 5.69 Å². The lowest BCUT2D eigenvalue weighted by atomic mass is 10.1. The van der Waals surface area contributed by atoms with Crippen molar-refractivity contribution in [3.63, 3.8) is 0 Å². The minimum Gasteiger partial charge on any atom is -0.491 e. The Balaban J connectivity index is 2.47. The summed E-state index contributed by atoms with van der Waals surface area (Å²) in [4.78, 5) is 24.2. The lowest BCUT2D eigenvalue weighted by Crippen LogP contribution is -2.31. The monoisotopic (exact) mass is 235 g/mol. The van der Waals surface area contributed by atoms with Gasteiger partial charge in [-0.1, -0.05) is 6.92 Å². The van der Waals surface area contributed by atoms with Crippen LogP contribution in [0.2, 0.25) is 0 Å². The van der Waals surface area contributed by atoms with Gasteiger partial charge in [0.1, 0.15) is 5.75 Å². The first-order valence-electron chi connectivity index (χ1n) is 5.28. The van der Waals surface area contributed by atoms with Crippen LogP contribution in [0.15, 0.2) is 18.2 Å². The highest BCUT2D eigenvalue weighted by molar-refractivity contribution is 5.97. The number of nitrogens with zero attached hydrogens (tertiary/aromatic N) is 1. The van der Waals surface area contributed by atoms with Gasteiger partial charge < -0.3 is 14.7 Å². The number of hydrogen-bond acceptors (Lipinski definition) is 3. The number of aromatic carboxylic acids is 1. The van der Waals surface area contributed by atoms with Gasteiger partial charge in [0, 0.05) is 7.05 Å². The molecule has 1 aliphatic heterocycles. The molecule has 0 aromatic heterocycles. The van der Waals surface area contributed by atoms with Gasteiger partial charge in [0.05, 0.1) is 23.8 Å². The van der Waals surface area contributed by atoms with Gasteiger partial charge >= 0.3 is 5.97 Å². The summed E-state index contributed by atoms with van der Waals surface area (Å²) in [6.07, 6.45) is 0. The molecule has 5 nitrogen and oxygen atoms in total. The number of carboxylic acid groups (broad SMARTS) is 1. The summed E-state index contributed by atoms with van der Waals surface area (Å²) in [5, 5.41) is 8.89. The molecule has 0 spiro atoms. The topological polar surface area (TPSA) is 66.8 Å². The second kappa shape index (κ2) is 4.08. The number of anilines is 1. The number of carboxylic acids is 1. The normalized spacial score (nSPS) is 19.3. The average Bonchev–Trinajstić information content (AvgIpc) is 2.42. The maximum atomic E-state index is 11.9. The van der Waals surface area contributed by atoms with E-state index in [0.717, 1.165) is 0 Å². The summed E-state index contributed by atoms with van der Waals surface area (Å²) in [6, 6.07) is 4.50. The molecule has 5 heteroatoms. The van der Waals surface area contributed by atoms with E-state index in [1.807, 2.05) is 0 Å². The number of carbonyl (C=O) groups excluding carboxylic acids is 1. The molecular weight excluding hydrogens is 222 g/mol. The zero-order valence-electron chi connectivity index (χ0n) is 9.64. The fourth-order valence-corrected chi connectivity index (χ4v) is 1.78. The molecule has 0 bridgehead atoms. The fourth-order valence-electron chi connectivity index (χ4n) is 1.78. The van der Waals surface area contributed by atoms with Gasteiger partial charge in [-0.25, -0.2) is 4.79 Å². The molecule has 1 aromatic carbocycles. The van der Waals surface area contributed by atoms with E-state index in [-0.39, 0.29) is 24.0 Å². The van der Waals surface area contributed by atoms with Crippen LogP contribution in [-0.4, -0.2) is 30.6 Å². The number of ether oxygens (including phenoxy) is 1. The van der Waals surface area contributed by atoms with Crippen molar-refractivity contribution in [1.82, 2.24) is 0 Å². The molecular formula is C12H13NO4. The summed E-state index contributed by atoms with van der Waals surface area (Å²) in [7, 11) is 1.66. The second-order valence-corrected chi connectivity index (χ2v) is 4.10. The Kier molecular flexibility index (Phi) is 2.75. The molecule has 0 saturated heterocycles. The summed E-state index contributed by atoms with van der Waals surface area (Å²) in [5.41, 5.74) is 0.753. The van der Waals surface area contributed by atoms with Crippen LogP contribution in [0, 0.1) is 5.92 Å². The third kappa shape index (κ3) is 1.95. The Morgan fingerprint density at radius 2 is 2.24 bits per heavy atom. The Labute approximate surface area is 98.6 Å². The maximum Gasteiger partial charge on any atom is 0.335 e. The van der Waals surface area contributed by atoms with Crippen molar-refractivity contribution in [2.75, 3.05) is 18.6 Å². The zero-order chi connectivity index (χ0) is 12.6. The van der Waals surface area contributed by atoms with Crippen LogP contribution < -0.4 is 9.64 Å². The van der Waals surface area contributed by atoms with Crippen LogP contribution in [0.3, 0.4) is 0 Å². The number of rotatable bonds is 1. The van der Waals surface area contributed by atoms with E-state index >= 15 is 0 Å². The largest absolute Gasteiger partial charge is 0.491 e.